The number of nitrogens with one attached hydrogen (secondary N) is 1. The van der Waals surface area contributed by atoms with Crippen LogP contribution >= 0.6 is 23.2 Å². The molecule has 0 bridgehead atoms. The molecule has 10 nitrogen and oxygen atoms in total. The van der Waals surface area contributed by atoms with Crippen LogP contribution in [-0.2, 0) is 0 Å². The molecule has 0 saturated heterocycles. The van der Waals surface area contributed by atoms with Crippen LogP contribution in [0.2, 0.25) is 10.0 Å². The average Bonchev–Trinajstić information content (AvgIpc) is 3.25. The van der Waals surface area contributed by atoms with Crippen molar-refractivity contribution in [3.05, 3.63) is 45.2 Å². The fourth-order valence-electron chi connectivity index (χ4n) is 2.49. The summed E-state index contributed by atoms with van der Waals surface area (Å²) in [6.07, 6.45) is 0. The molecule has 3 aromatic rings. The summed E-state index contributed by atoms with van der Waals surface area (Å²) >= 11 is 12.1. The van der Waals surface area contributed by atoms with Gasteiger partial charge in [-0.1, -0.05) is 48.3 Å². The number of amides is 1. The van der Waals surface area contributed by atoms with Crippen molar-refractivity contribution in [1.29, 1.82) is 0 Å². The molecule has 2 aromatic heterocycles. The van der Waals surface area contributed by atoms with Crippen LogP contribution in [0.15, 0.2) is 27.9 Å². The molecule has 0 aliphatic heterocycles. The van der Waals surface area contributed by atoms with E-state index < -0.39 is 5.91 Å². The molecule has 3 rings (SSSR count). The Morgan fingerprint density at radius 2 is 2.07 bits per heavy atom. The Balaban J connectivity index is 1.89. The lowest BCUT2D eigenvalue weighted by Crippen LogP contribution is -2.22. The van der Waals surface area contributed by atoms with Gasteiger partial charge < -0.3 is 5.73 Å². The Morgan fingerprint density at radius 1 is 1.32 bits per heavy atom. The third kappa shape index (κ3) is 3.82. The van der Waals surface area contributed by atoms with Crippen molar-refractivity contribution >= 4 is 40.6 Å². The molecule has 0 saturated carbocycles. The third-order valence-electron chi connectivity index (χ3n) is 3.81. The molecule has 2 heterocycles. The number of carbonyl (C=O) groups is 1. The Labute approximate surface area is 169 Å². The van der Waals surface area contributed by atoms with Gasteiger partial charge in [-0.05, 0) is 35.3 Å². The second-order valence-electron chi connectivity index (χ2n) is 6.13. The van der Waals surface area contributed by atoms with Crippen LogP contribution in [0.25, 0.3) is 5.82 Å². The molecule has 146 valence electrons. The summed E-state index contributed by atoms with van der Waals surface area (Å²) < 4.78 is 5.91. The first-order valence-corrected chi connectivity index (χ1v) is 8.89. The number of halogens is 2. The minimum atomic E-state index is -0.547. The Hall–Kier alpha value is -2.98. The molecule has 0 fully saturated rings. The Kier molecular flexibility index (Phi) is 5.61. The van der Waals surface area contributed by atoms with Crippen LogP contribution in [0.4, 0.5) is 5.82 Å². The summed E-state index contributed by atoms with van der Waals surface area (Å²) in [5.74, 6) is -0.482. The van der Waals surface area contributed by atoms with Crippen LogP contribution in [0.3, 0.4) is 0 Å². The SMILES string of the molecule is CC(=NNC(=O)c1nnn(-c2nonc2N)c1C(C)C)c1ccc(Cl)cc1Cl. The fraction of sp³-hybridized carbons (Fsp3) is 0.250. The first kappa shape index (κ1) is 19.8. The predicted molar refractivity (Wildman–Crippen MR) is 104 cm³/mol. The van der Waals surface area contributed by atoms with E-state index in [1.54, 1.807) is 25.1 Å². The smallest absolute Gasteiger partial charge is 0.293 e. The van der Waals surface area contributed by atoms with Gasteiger partial charge in [0.15, 0.2) is 5.69 Å². The maximum Gasteiger partial charge on any atom is 0.293 e. The van der Waals surface area contributed by atoms with Gasteiger partial charge in [0.05, 0.1) is 16.4 Å². The molecule has 0 spiro atoms. The summed E-state index contributed by atoms with van der Waals surface area (Å²) in [4.78, 5) is 12.6. The van der Waals surface area contributed by atoms with Gasteiger partial charge >= 0.3 is 0 Å². The highest BCUT2D eigenvalue weighted by Crippen LogP contribution is 2.23. The number of hydrogen-bond donors (Lipinski definition) is 2. The van der Waals surface area contributed by atoms with E-state index in [4.69, 9.17) is 28.9 Å². The van der Waals surface area contributed by atoms with Crippen molar-refractivity contribution in [2.45, 2.75) is 26.7 Å². The highest BCUT2D eigenvalue weighted by molar-refractivity contribution is 6.37. The van der Waals surface area contributed by atoms with Gasteiger partial charge in [0, 0.05) is 10.6 Å². The summed E-state index contributed by atoms with van der Waals surface area (Å²) in [6, 6.07) is 4.99. The van der Waals surface area contributed by atoms with Crippen molar-refractivity contribution in [3.63, 3.8) is 0 Å². The van der Waals surface area contributed by atoms with Crippen molar-refractivity contribution in [2.75, 3.05) is 5.73 Å². The molecule has 12 heteroatoms. The molecule has 0 aliphatic rings. The number of hydrazone groups is 1. The van der Waals surface area contributed by atoms with E-state index in [0.29, 0.717) is 27.0 Å². The number of anilines is 1. The number of aromatic nitrogens is 5. The van der Waals surface area contributed by atoms with E-state index >= 15 is 0 Å². The average molecular weight is 423 g/mol. The quantitative estimate of drug-likeness (QED) is 0.475. The maximum absolute atomic E-state index is 12.6. The van der Waals surface area contributed by atoms with E-state index in [0.717, 1.165) is 0 Å². The number of benzene rings is 1. The van der Waals surface area contributed by atoms with Crippen molar-refractivity contribution < 1.29 is 9.42 Å². The van der Waals surface area contributed by atoms with Gasteiger partial charge in [0.2, 0.25) is 11.6 Å². The minimum absolute atomic E-state index is 0.0324. The van der Waals surface area contributed by atoms with Crippen LogP contribution in [0, 0.1) is 0 Å². The summed E-state index contributed by atoms with van der Waals surface area (Å²) in [6.45, 7) is 5.45. The standard InChI is InChI=1S/C16H16Cl2N8O2/c1-7(2)13-12(21-25-26(13)15-14(19)23-28-24-15)16(27)22-20-8(3)10-5-4-9(17)6-11(10)18/h4-7H,1-3H3,(H2,19,23)(H,22,27). The maximum atomic E-state index is 12.6. The molecular formula is C16H16Cl2N8O2. The lowest BCUT2D eigenvalue weighted by atomic mass is 10.1. The largest absolute Gasteiger partial charge is 0.378 e. The lowest BCUT2D eigenvalue weighted by molar-refractivity contribution is 0.0948. The molecule has 0 unspecified atom stereocenters. The van der Waals surface area contributed by atoms with Gasteiger partial charge in [-0.2, -0.15) is 9.78 Å². The van der Waals surface area contributed by atoms with Gasteiger partial charge in [-0.3, -0.25) is 4.79 Å². The van der Waals surface area contributed by atoms with E-state index in [1.807, 2.05) is 13.8 Å². The van der Waals surface area contributed by atoms with Gasteiger partial charge in [-0.25, -0.2) is 10.1 Å². The van der Waals surface area contributed by atoms with Gasteiger partial charge in [0.25, 0.3) is 5.91 Å². The normalized spacial score (nSPS) is 11.9. The zero-order chi connectivity index (χ0) is 20.4. The van der Waals surface area contributed by atoms with E-state index in [1.165, 1.54) is 4.68 Å². The van der Waals surface area contributed by atoms with Crippen LogP contribution in [0.1, 0.15) is 48.4 Å². The molecule has 1 amide bonds. The number of carbonyl (C=O) groups excluding carboxylic acids is 1. The van der Waals surface area contributed by atoms with Crippen molar-refractivity contribution in [1.82, 2.24) is 30.7 Å². The van der Waals surface area contributed by atoms with Gasteiger partial charge in [0.1, 0.15) is 0 Å². The zero-order valence-corrected chi connectivity index (χ0v) is 16.7. The van der Waals surface area contributed by atoms with E-state index in [-0.39, 0.29) is 23.2 Å². The molecular weight excluding hydrogens is 407 g/mol. The second kappa shape index (κ2) is 7.95. The molecule has 3 N–H and O–H groups in total. The van der Waals surface area contributed by atoms with Crippen LogP contribution in [0.5, 0.6) is 0 Å². The second-order valence-corrected chi connectivity index (χ2v) is 6.97. The monoisotopic (exact) mass is 422 g/mol. The summed E-state index contributed by atoms with van der Waals surface area (Å²) in [5.41, 5.74) is 9.87. The topological polar surface area (TPSA) is 137 Å². The fourth-order valence-corrected chi connectivity index (χ4v) is 3.04. The number of hydrogen-bond acceptors (Lipinski definition) is 8. The van der Waals surface area contributed by atoms with Crippen LogP contribution in [-0.4, -0.2) is 36.9 Å². The first-order valence-electron chi connectivity index (χ1n) is 8.13. The number of nitrogens with zero attached hydrogens (tertiary/aromatic N) is 6. The van der Waals surface area contributed by atoms with Crippen molar-refractivity contribution in [2.24, 2.45) is 5.10 Å². The molecule has 28 heavy (non-hydrogen) atoms. The lowest BCUT2D eigenvalue weighted by Gasteiger charge is -2.08. The highest BCUT2D eigenvalue weighted by atomic mass is 35.5. The summed E-state index contributed by atoms with van der Waals surface area (Å²) in [5, 5.41) is 20.1. The zero-order valence-electron chi connectivity index (χ0n) is 15.1. The third-order valence-corrected chi connectivity index (χ3v) is 4.36. The number of nitrogens with two attached hydrogens (primary N) is 1. The Morgan fingerprint density at radius 3 is 2.68 bits per heavy atom. The predicted octanol–water partition coefficient (Wildman–Crippen LogP) is 2.82. The number of rotatable bonds is 5. The van der Waals surface area contributed by atoms with Gasteiger partial charge in [-0.15, -0.1) is 5.10 Å². The highest BCUT2D eigenvalue weighted by Gasteiger charge is 2.25. The van der Waals surface area contributed by atoms with Crippen LogP contribution < -0.4 is 11.2 Å². The van der Waals surface area contributed by atoms with E-state index in [2.05, 4.69) is 35.8 Å². The first-order chi connectivity index (χ1) is 13.3. The van der Waals surface area contributed by atoms with Crippen molar-refractivity contribution in [3.8, 4) is 5.82 Å². The van der Waals surface area contributed by atoms with E-state index in [9.17, 15) is 4.79 Å². The molecule has 0 radical (unpaired) electrons. The molecule has 0 atom stereocenters. The molecule has 0 aliphatic carbocycles. The summed E-state index contributed by atoms with van der Waals surface area (Å²) in [7, 11) is 0. The minimum Gasteiger partial charge on any atom is -0.378 e. The number of nitrogen functional groups attached to an aromatic ring is 1. The molecule has 1 aromatic carbocycles. The Bertz CT molecular complexity index is 1060.